The molecule has 0 saturated carbocycles. The highest BCUT2D eigenvalue weighted by Crippen LogP contribution is 2.36. The first-order chi connectivity index (χ1) is 17.2. The van der Waals surface area contributed by atoms with Gasteiger partial charge in [-0.3, -0.25) is 4.79 Å². The number of alkyl carbamates (subject to hydrolysis) is 1. The average molecular weight is 490 g/mol. The quantitative estimate of drug-likeness (QED) is 0.502. The number of aromatic nitrogens is 1. The van der Waals surface area contributed by atoms with Gasteiger partial charge in [0.25, 0.3) is 0 Å². The minimum Gasteiger partial charge on any atom is -0.482 e. The molecule has 0 fully saturated rings. The van der Waals surface area contributed by atoms with Gasteiger partial charge < -0.3 is 24.8 Å². The molecule has 2 aromatic carbocycles. The molecule has 188 valence electrons. The van der Waals surface area contributed by atoms with E-state index in [1.807, 2.05) is 54.6 Å². The fraction of sp³-hybridized carbons (Fsp3) is 0.321. The molecule has 3 aromatic rings. The van der Waals surface area contributed by atoms with Crippen LogP contribution in [-0.4, -0.2) is 34.7 Å². The second-order valence-corrected chi connectivity index (χ2v) is 9.66. The molecule has 2 heterocycles. The number of ether oxygens (including phenoxy) is 3. The van der Waals surface area contributed by atoms with Gasteiger partial charge in [-0.1, -0.05) is 48.5 Å². The summed E-state index contributed by atoms with van der Waals surface area (Å²) < 4.78 is 17.8. The van der Waals surface area contributed by atoms with Crippen LogP contribution in [0.2, 0.25) is 0 Å². The Morgan fingerprint density at radius 2 is 1.75 bits per heavy atom. The summed E-state index contributed by atoms with van der Waals surface area (Å²) in [5.74, 6) is 0.880. The van der Waals surface area contributed by atoms with Gasteiger partial charge in [-0.05, 0) is 51.0 Å². The predicted octanol–water partition coefficient (Wildman–Crippen LogP) is 5.06. The Hall–Kier alpha value is -4.07. The fourth-order valence-electron chi connectivity index (χ4n) is 3.83. The molecule has 2 N–H and O–H groups in total. The number of fused-ring (bicyclic) bond motifs is 1. The number of amides is 2. The van der Waals surface area contributed by atoms with Crippen molar-refractivity contribution in [2.45, 2.75) is 58.0 Å². The summed E-state index contributed by atoms with van der Waals surface area (Å²) in [7, 11) is 0. The van der Waals surface area contributed by atoms with E-state index in [2.05, 4.69) is 15.6 Å². The van der Waals surface area contributed by atoms with Gasteiger partial charge in [0.1, 0.15) is 23.5 Å². The number of pyridine rings is 1. The first kappa shape index (κ1) is 25.0. The van der Waals surface area contributed by atoms with E-state index >= 15 is 0 Å². The van der Waals surface area contributed by atoms with Gasteiger partial charge in [-0.2, -0.15) is 0 Å². The van der Waals surface area contributed by atoms with Gasteiger partial charge in [0.2, 0.25) is 11.8 Å². The van der Waals surface area contributed by atoms with E-state index in [0.717, 1.165) is 16.9 Å². The number of para-hydroxylation sites is 1. The Morgan fingerprint density at radius 1 is 1.03 bits per heavy atom. The Balaban J connectivity index is 1.40. The Morgan fingerprint density at radius 3 is 2.44 bits per heavy atom. The summed E-state index contributed by atoms with van der Waals surface area (Å²) in [5.41, 5.74) is 1.93. The maximum absolute atomic E-state index is 12.5. The molecule has 1 aromatic heterocycles. The van der Waals surface area contributed by atoms with Crippen LogP contribution in [0, 0.1) is 0 Å². The van der Waals surface area contributed by atoms with E-state index in [-0.39, 0.29) is 12.2 Å². The molecule has 8 heteroatoms. The summed E-state index contributed by atoms with van der Waals surface area (Å²) in [6, 6.07) is 20.5. The minimum atomic E-state index is -0.790. The van der Waals surface area contributed by atoms with Gasteiger partial charge in [0.05, 0.1) is 11.9 Å². The molecule has 4 rings (SSSR count). The summed E-state index contributed by atoms with van der Waals surface area (Å²) >= 11 is 0. The van der Waals surface area contributed by atoms with E-state index < -0.39 is 23.6 Å². The number of hydrogen-bond acceptors (Lipinski definition) is 6. The minimum absolute atomic E-state index is 0.284. The van der Waals surface area contributed by atoms with Crippen molar-refractivity contribution in [3.8, 4) is 11.6 Å². The monoisotopic (exact) mass is 489 g/mol. The van der Waals surface area contributed by atoms with Crippen LogP contribution in [0.5, 0.6) is 11.6 Å². The second kappa shape index (κ2) is 10.7. The summed E-state index contributed by atoms with van der Waals surface area (Å²) in [4.78, 5) is 28.8. The highest BCUT2D eigenvalue weighted by Gasteiger charge is 2.33. The molecule has 0 radical (unpaired) electrons. The lowest BCUT2D eigenvalue weighted by molar-refractivity contribution is -0.117. The molecule has 8 nitrogen and oxygen atoms in total. The third kappa shape index (κ3) is 6.53. The van der Waals surface area contributed by atoms with Crippen molar-refractivity contribution in [2.24, 2.45) is 0 Å². The van der Waals surface area contributed by atoms with Crippen LogP contribution in [0.3, 0.4) is 0 Å². The first-order valence-electron chi connectivity index (χ1n) is 11.9. The van der Waals surface area contributed by atoms with Gasteiger partial charge in [-0.25, -0.2) is 9.78 Å². The third-order valence-electron chi connectivity index (χ3n) is 5.52. The number of hydrogen-bond donors (Lipinski definition) is 2. The lowest BCUT2D eigenvalue weighted by Crippen LogP contribution is -2.43. The van der Waals surface area contributed by atoms with Crippen LogP contribution in [-0.2, 0) is 16.0 Å². The van der Waals surface area contributed by atoms with E-state index in [1.165, 1.54) is 6.20 Å². The van der Waals surface area contributed by atoms with E-state index in [9.17, 15) is 9.59 Å². The maximum Gasteiger partial charge on any atom is 0.408 e. The molecule has 3 atom stereocenters. The average Bonchev–Trinajstić information content (AvgIpc) is 2.84. The smallest absolute Gasteiger partial charge is 0.408 e. The maximum atomic E-state index is 12.5. The molecular weight excluding hydrogens is 458 g/mol. The zero-order chi connectivity index (χ0) is 25.7. The number of carbonyl (C=O) groups is 2. The van der Waals surface area contributed by atoms with Crippen molar-refractivity contribution in [1.29, 1.82) is 0 Å². The number of anilines is 1. The standard InChI is InChI=1S/C28H31N3O5/c1-18(30-27(33)36-28(2,3)4)26(32)31-21-14-15-24(29-17-21)34-23-16-20-12-8-9-13-22(20)35-25(23)19-10-6-5-7-11-19/h5-15,17-18,23,25H,16H2,1-4H3,(H,30,33)(H,31,32). The molecule has 0 saturated heterocycles. The van der Waals surface area contributed by atoms with Crippen LogP contribution >= 0.6 is 0 Å². The lowest BCUT2D eigenvalue weighted by Gasteiger charge is -2.33. The number of nitrogens with zero attached hydrogens (tertiary/aromatic N) is 1. The van der Waals surface area contributed by atoms with E-state index in [0.29, 0.717) is 18.0 Å². The van der Waals surface area contributed by atoms with Gasteiger partial charge in [-0.15, -0.1) is 0 Å². The Bertz CT molecular complexity index is 1190. The predicted molar refractivity (Wildman–Crippen MR) is 136 cm³/mol. The topological polar surface area (TPSA) is 98.8 Å². The van der Waals surface area contributed by atoms with Crippen LogP contribution < -0.4 is 20.1 Å². The Labute approximate surface area is 211 Å². The van der Waals surface area contributed by atoms with Crippen molar-refractivity contribution < 1.29 is 23.8 Å². The highest BCUT2D eigenvalue weighted by molar-refractivity contribution is 5.96. The molecule has 2 amide bonds. The van der Waals surface area contributed by atoms with Crippen molar-refractivity contribution in [2.75, 3.05) is 5.32 Å². The molecule has 0 aliphatic carbocycles. The van der Waals surface area contributed by atoms with Gasteiger partial charge in [0, 0.05) is 12.5 Å². The highest BCUT2D eigenvalue weighted by atomic mass is 16.6. The molecule has 0 spiro atoms. The third-order valence-corrected chi connectivity index (χ3v) is 5.52. The number of rotatable bonds is 6. The molecule has 36 heavy (non-hydrogen) atoms. The van der Waals surface area contributed by atoms with Crippen molar-refractivity contribution in [1.82, 2.24) is 10.3 Å². The van der Waals surface area contributed by atoms with E-state index in [4.69, 9.17) is 14.2 Å². The first-order valence-corrected chi connectivity index (χ1v) is 11.9. The summed E-state index contributed by atoms with van der Waals surface area (Å²) in [6.45, 7) is 6.85. The molecule has 3 unspecified atom stereocenters. The lowest BCUT2D eigenvalue weighted by atomic mass is 9.94. The number of nitrogens with one attached hydrogen (secondary N) is 2. The SMILES string of the molecule is CC(NC(=O)OC(C)(C)C)C(=O)Nc1ccc(OC2Cc3ccccc3OC2c2ccccc2)nc1. The van der Waals surface area contributed by atoms with Crippen molar-refractivity contribution in [3.63, 3.8) is 0 Å². The fourth-order valence-corrected chi connectivity index (χ4v) is 3.83. The molecule has 1 aliphatic rings. The zero-order valence-corrected chi connectivity index (χ0v) is 20.9. The van der Waals surface area contributed by atoms with Crippen molar-refractivity contribution >= 4 is 17.7 Å². The second-order valence-electron chi connectivity index (χ2n) is 9.66. The molecule has 1 aliphatic heterocycles. The molecule has 0 bridgehead atoms. The van der Waals surface area contributed by atoms with E-state index in [1.54, 1.807) is 39.8 Å². The summed E-state index contributed by atoms with van der Waals surface area (Å²) in [6.07, 6.45) is 0.957. The van der Waals surface area contributed by atoms with Crippen molar-refractivity contribution in [3.05, 3.63) is 84.1 Å². The largest absolute Gasteiger partial charge is 0.482 e. The van der Waals surface area contributed by atoms with Gasteiger partial charge in [0.15, 0.2) is 6.10 Å². The van der Waals surface area contributed by atoms with Crippen LogP contribution in [0.4, 0.5) is 10.5 Å². The van der Waals surface area contributed by atoms with Gasteiger partial charge >= 0.3 is 6.09 Å². The van der Waals surface area contributed by atoms with Crippen LogP contribution in [0.25, 0.3) is 0 Å². The van der Waals surface area contributed by atoms with Crippen LogP contribution in [0.1, 0.15) is 44.9 Å². The number of carbonyl (C=O) groups excluding carboxylic acids is 2. The molecular formula is C28H31N3O5. The zero-order valence-electron chi connectivity index (χ0n) is 20.9. The van der Waals surface area contributed by atoms with Crippen LogP contribution in [0.15, 0.2) is 72.9 Å². The number of benzene rings is 2. The summed E-state index contributed by atoms with van der Waals surface area (Å²) in [5, 5.41) is 5.25. The Kier molecular flexibility index (Phi) is 7.43. The normalized spacial score (nSPS) is 17.7.